The Morgan fingerprint density at radius 3 is 2.75 bits per heavy atom. The molecule has 1 unspecified atom stereocenters. The normalized spacial score (nSPS) is 25.3. The number of aliphatic imine (C=N–C) groups is 1. The zero-order valence-corrected chi connectivity index (χ0v) is 9.45. The monoisotopic (exact) mass is 223 g/mol. The largest absolute Gasteiger partial charge is 0.312 e. The molecule has 5 nitrogen and oxygen atoms in total. The van der Waals surface area contributed by atoms with Crippen molar-refractivity contribution in [3.63, 3.8) is 0 Å². The summed E-state index contributed by atoms with van der Waals surface area (Å²) in [7, 11) is 0. The molecule has 1 heterocycles. The molecule has 2 aliphatic rings. The van der Waals surface area contributed by atoms with Crippen molar-refractivity contribution in [1.29, 1.82) is 0 Å². The number of amides is 2. The summed E-state index contributed by atoms with van der Waals surface area (Å²) in [4.78, 5) is 27.1. The number of nitrogens with zero attached hydrogens (tertiary/aromatic N) is 1. The molecule has 5 heteroatoms. The average Bonchev–Trinajstić information content (AvgIpc) is 3.04. The number of nitrogens with one attached hydrogen (secondary N) is 2. The Hall–Kier alpha value is -1.23. The first-order valence-electron chi connectivity index (χ1n) is 5.86. The molecule has 2 rings (SSSR count). The zero-order chi connectivity index (χ0) is 11.5. The first-order valence-corrected chi connectivity index (χ1v) is 5.86. The molecule has 0 saturated heterocycles. The topological polar surface area (TPSA) is 70.6 Å². The molecule has 0 spiro atoms. The second kappa shape index (κ2) is 4.74. The van der Waals surface area contributed by atoms with Crippen LogP contribution in [0, 0.1) is 5.92 Å². The van der Waals surface area contributed by atoms with Crippen LogP contribution < -0.4 is 10.6 Å². The van der Waals surface area contributed by atoms with Gasteiger partial charge in [-0.05, 0) is 19.3 Å². The summed E-state index contributed by atoms with van der Waals surface area (Å²) >= 11 is 0. The molecule has 0 aromatic heterocycles. The molecular weight excluding hydrogens is 206 g/mol. The van der Waals surface area contributed by atoms with Crippen LogP contribution in [0.1, 0.15) is 32.6 Å². The van der Waals surface area contributed by atoms with Crippen LogP contribution in [0.25, 0.3) is 0 Å². The van der Waals surface area contributed by atoms with Crippen molar-refractivity contribution in [2.45, 2.75) is 38.6 Å². The Morgan fingerprint density at radius 2 is 2.19 bits per heavy atom. The highest BCUT2D eigenvalue weighted by Crippen LogP contribution is 2.18. The van der Waals surface area contributed by atoms with Gasteiger partial charge in [0.15, 0.2) is 0 Å². The number of carbonyl (C=O) groups excluding carboxylic acids is 2. The van der Waals surface area contributed by atoms with Gasteiger partial charge in [0.2, 0.25) is 5.91 Å². The lowest BCUT2D eigenvalue weighted by atomic mass is 10.0. The van der Waals surface area contributed by atoms with E-state index in [1.807, 2.05) is 6.92 Å². The third kappa shape index (κ3) is 2.66. The van der Waals surface area contributed by atoms with Gasteiger partial charge < -0.3 is 10.6 Å². The molecule has 1 fully saturated rings. The van der Waals surface area contributed by atoms with Gasteiger partial charge in [-0.1, -0.05) is 13.3 Å². The van der Waals surface area contributed by atoms with Crippen LogP contribution in [0.2, 0.25) is 0 Å². The highest BCUT2D eigenvalue weighted by atomic mass is 16.2. The van der Waals surface area contributed by atoms with Gasteiger partial charge in [-0.3, -0.25) is 9.59 Å². The van der Waals surface area contributed by atoms with Gasteiger partial charge in [0.25, 0.3) is 5.91 Å². The minimum atomic E-state index is -0.574. The molecular formula is C11H17N3O2. The van der Waals surface area contributed by atoms with Gasteiger partial charge in [0.1, 0.15) is 11.8 Å². The fraction of sp³-hybridized carbons (Fsp3) is 0.727. The lowest BCUT2D eigenvalue weighted by molar-refractivity contribution is -0.133. The smallest absolute Gasteiger partial charge is 0.259 e. The number of amidine groups is 1. The van der Waals surface area contributed by atoms with Crippen molar-refractivity contribution >= 4 is 17.6 Å². The van der Waals surface area contributed by atoms with Gasteiger partial charge in [0, 0.05) is 6.04 Å². The fourth-order valence-electron chi connectivity index (χ4n) is 1.74. The van der Waals surface area contributed by atoms with Crippen LogP contribution in [-0.2, 0) is 9.59 Å². The van der Waals surface area contributed by atoms with E-state index in [0.717, 1.165) is 6.42 Å². The minimum absolute atomic E-state index is 0.200. The Labute approximate surface area is 94.7 Å². The van der Waals surface area contributed by atoms with Crippen LogP contribution >= 0.6 is 0 Å². The number of hydrogen-bond acceptors (Lipinski definition) is 3. The summed E-state index contributed by atoms with van der Waals surface area (Å²) in [6.07, 6.45) is 3.74. The lowest BCUT2D eigenvalue weighted by Crippen LogP contribution is -2.47. The molecule has 1 atom stereocenters. The van der Waals surface area contributed by atoms with Gasteiger partial charge in [0.05, 0.1) is 6.54 Å². The van der Waals surface area contributed by atoms with Crippen molar-refractivity contribution in [1.82, 2.24) is 10.6 Å². The molecule has 16 heavy (non-hydrogen) atoms. The van der Waals surface area contributed by atoms with Gasteiger partial charge >= 0.3 is 0 Å². The molecule has 0 radical (unpaired) electrons. The number of hydrogen-bond donors (Lipinski definition) is 2. The maximum atomic E-state index is 11.6. The van der Waals surface area contributed by atoms with E-state index in [1.54, 1.807) is 0 Å². The summed E-state index contributed by atoms with van der Waals surface area (Å²) in [5, 5.41) is 5.91. The molecule has 1 saturated carbocycles. The van der Waals surface area contributed by atoms with Crippen LogP contribution in [0.15, 0.2) is 4.99 Å². The van der Waals surface area contributed by atoms with Crippen LogP contribution in [-0.4, -0.2) is 30.2 Å². The summed E-state index contributed by atoms with van der Waals surface area (Å²) < 4.78 is 0. The predicted octanol–water partition coefficient (Wildman–Crippen LogP) is 0.210. The van der Waals surface area contributed by atoms with E-state index in [0.29, 0.717) is 24.8 Å². The lowest BCUT2D eigenvalue weighted by Gasteiger charge is -2.19. The van der Waals surface area contributed by atoms with Crippen LogP contribution in [0.4, 0.5) is 0 Å². The summed E-state index contributed by atoms with van der Waals surface area (Å²) in [6, 6.07) is 0.545. The molecule has 0 aromatic carbocycles. The first kappa shape index (κ1) is 11.3. The van der Waals surface area contributed by atoms with Crippen molar-refractivity contribution in [3.05, 3.63) is 0 Å². The first-order chi connectivity index (χ1) is 7.70. The summed E-state index contributed by atoms with van der Waals surface area (Å²) in [5.74, 6) is -0.600. The second-order valence-electron chi connectivity index (χ2n) is 4.38. The van der Waals surface area contributed by atoms with E-state index in [1.165, 1.54) is 12.8 Å². The predicted molar refractivity (Wildman–Crippen MR) is 60.0 cm³/mol. The van der Waals surface area contributed by atoms with Crippen molar-refractivity contribution in [3.8, 4) is 0 Å². The molecule has 1 aliphatic carbocycles. The third-order valence-corrected chi connectivity index (χ3v) is 2.84. The molecule has 0 aromatic rings. The maximum Gasteiger partial charge on any atom is 0.259 e. The number of carbonyl (C=O) groups is 2. The zero-order valence-electron chi connectivity index (χ0n) is 9.45. The molecule has 1 aliphatic heterocycles. The standard InChI is InChI=1S/C11H17N3O2/c1-2-3-8-10(15)13-9(14-11(8)16)6-12-7-4-5-7/h7-8,12H,2-6H2,1H3,(H,13,14,15,16). The van der Waals surface area contributed by atoms with E-state index < -0.39 is 5.92 Å². The Balaban J connectivity index is 1.92. The van der Waals surface area contributed by atoms with Crippen molar-refractivity contribution in [2.24, 2.45) is 10.9 Å². The third-order valence-electron chi connectivity index (χ3n) is 2.84. The summed E-state index contributed by atoms with van der Waals surface area (Å²) in [5.41, 5.74) is 0. The van der Waals surface area contributed by atoms with Gasteiger partial charge in [-0.15, -0.1) is 0 Å². The molecule has 88 valence electrons. The van der Waals surface area contributed by atoms with E-state index in [-0.39, 0.29) is 11.8 Å². The highest BCUT2D eigenvalue weighted by molar-refractivity contribution is 6.16. The Morgan fingerprint density at radius 1 is 1.44 bits per heavy atom. The van der Waals surface area contributed by atoms with E-state index in [2.05, 4.69) is 15.6 Å². The van der Waals surface area contributed by atoms with E-state index in [9.17, 15) is 9.59 Å². The maximum absolute atomic E-state index is 11.6. The molecule has 2 N–H and O–H groups in total. The SMILES string of the molecule is CCCC1C(=O)N=C(CNC2CC2)NC1=O. The second-order valence-corrected chi connectivity index (χ2v) is 4.38. The Bertz CT molecular complexity index is 334. The van der Waals surface area contributed by atoms with Crippen LogP contribution in [0.5, 0.6) is 0 Å². The van der Waals surface area contributed by atoms with Crippen LogP contribution in [0.3, 0.4) is 0 Å². The number of rotatable bonds is 5. The van der Waals surface area contributed by atoms with E-state index >= 15 is 0 Å². The average molecular weight is 223 g/mol. The van der Waals surface area contributed by atoms with Gasteiger partial charge in [-0.2, -0.15) is 4.99 Å². The fourth-order valence-corrected chi connectivity index (χ4v) is 1.74. The Kier molecular flexibility index (Phi) is 3.33. The quantitative estimate of drug-likeness (QED) is 0.654. The highest BCUT2D eigenvalue weighted by Gasteiger charge is 2.31. The van der Waals surface area contributed by atoms with Gasteiger partial charge in [-0.25, -0.2) is 0 Å². The van der Waals surface area contributed by atoms with Crippen molar-refractivity contribution < 1.29 is 9.59 Å². The summed E-state index contributed by atoms with van der Waals surface area (Å²) in [6.45, 7) is 2.44. The molecule has 2 amide bonds. The van der Waals surface area contributed by atoms with Crippen molar-refractivity contribution in [2.75, 3.05) is 6.54 Å². The minimum Gasteiger partial charge on any atom is -0.312 e. The van der Waals surface area contributed by atoms with E-state index in [4.69, 9.17) is 0 Å². The molecule has 0 bridgehead atoms.